The minimum Gasteiger partial charge on any atom is -0.325 e. The third kappa shape index (κ3) is 2.19. The Bertz CT molecular complexity index is 545. The fourth-order valence-electron chi connectivity index (χ4n) is 2.29. The molecule has 0 aromatic heterocycles. The van der Waals surface area contributed by atoms with Crippen molar-refractivity contribution >= 4 is 11.6 Å². The topological polar surface area (TPSA) is 76.7 Å². The van der Waals surface area contributed by atoms with Gasteiger partial charge in [-0.3, -0.25) is 4.79 Å². The zero-order chi connectivity index (χ0) is 13.0. The lowest BCUT2D eigenvalue weighted by Gasteiger charge is -2.19. The van der Waals surface area contributed by atoms with Crippen LogP contribution in [0.15, 0.2) is 24.3 Å². The van der Waals surface area contributed by atoms with Crippen LogP contribution in [0, 0.1) is 28.1 Å². The highest BCUT2D eigenvalue weighted by atomic mass is 16.2. The number of carbonyl (C=O) groups is 1. The van der Waals surface area contributed by atoms with Gasteiger partial charge in [0.15, 0.2) is 0 Å². The number of nitrogens with one attached hydrogen (secondary N) is 1. The van der Waals surface area contributed by atoms with Crippen LogP contribution in [-0.2, 0) is 4.79 Å². The molecule has 1 amide bonds. The Kier molecular flexibility index (Phi) is 3.30. The van der Waals surface area contributed by atoms with Crippen molar-refractivity contribution in [1.82, 2.24) is 0 Å². The number of carbonyl (C=O) groups excluding carboxylic acids is 1. The molecule has 18 heavy (non-hydrogen) atoms. The molecule has 0 heterocycles. The predicted octanol–water partition coefficient (Wildman–Crippen LogP) is 2.58. The van der Waals surface area contributed by atoms with Crippen LogP contribution < -0.4 is 5.32 Å². The zero-order valence-electron chi connectivity index (χ0n) is 9.94. The fourth-order valence-corrected chi connectivity index (χ4v) is 2.29. The van der Waals surface area contributed by atoms with Crippen molar-refractivity contribution in [2.45, 2.75) is 25.7 Å². The van der Waals surface area contributed by atoms with E-state index in [0.717, 1.165) is 12.8 Å². The van der Waals surface area contributed by atoms with Crippen molar-refractivity contribution in [3.05, 3.63) is 29.8 Å². The summed E-state index contributed by atoms with van der Waals surface area (Å²) >= 11 is 0. The molecule has 1 aromatic carbocycles. The largest absolute Gasteiger partial charge is 0.325 e. The van der Waals surface area contributed by atoms with E-state index in [9.17, 15) is 10.1 Å². The van der Waals surface area contributed by atoms with Gasteiger partial charge in [0.1, 0.15) is 5.41 Å². The van der Waals surface area contributed by atoms with Crippen molar-refractivity contribution in [2.24, 2.45) is 5.41 Å². The second kappa shape index (κ2) is 4.89. The Morgan fingerprint density at radius 1 is 1.28 bits per heavy atom. The number of benzene rings is 1. The molecular weight excluding hydrogens is 226 g/mol. The van der Waals surface area contributed by atoms with Gasteiger partial charge in [0, 0.05) is 5.69 Å². The van der Waals surface area contributed by atoms with Gasteiger partial charge in [0.2, 0.25) is 5.91 Å². The molecule has 0 spiro atoms. The van der Waals surface area contributed by atoms with E-state index in [1.807, 2.05) is 6.07 Å². The summed E-state index contributed by atoms with van der Waals surface area (Å²) in [6.07, 6.45) is 3.07. The van der Waals surface area contributed by atoms with Crippen molar-refractivity contribution < 1.29 is 4.79 Å². The monoisotopic (exact) mass is 239 g/mol. The van der Waals surface area contributed by atoms with Crippen LogP contribution in [0.4, 0.5) is 5.69 Å². The summed E-state index contributed by atoms with van der Waals surface area (Å²) in [6, 6.07) is 10.9. The first kappa shape index (κ1) is 12.1. The second-order valence-electron chi connectivity index (χ2n) is 4.55. The standard InChI is InChI=1S/C14H13N3O/c15-9-11-4-3-5-12(8-11)17-13(18)14(10-16)6-1-2-7-14/h3-5,8H,1-2,6-7H2,(H,17,18). The maximum absolute atomic E-state index is 12.2. The number of hydrogen-bond acceptors (Lipinski definition) is 3. The third-order valence-corrected chi connectivity index (χ3v) is 3.36. The van der Waals surface area contributed by atoms with Gasteiger partial charge in [-0.25, -0.2) is 0 Å². The smallest absolute Gasteiger partial charge is 0.244 e. The lowest BCUT2D eigenvalue weighted by molar-refractivity contribution is -0.122. The maximum atomic E-state index is 12.2. The van der Waals surface area contributed by atoms with E-state index < -0.39 is 5.41 Å². The van der Waals surface area contributed by atoms with Crippen molar-refractivity contribution in [3.8, 4) is 12.1 Å². The minimum atomic E-state index is -0.886. The Labute approximate surface area is 106 Å². The molecule has 1 saturated carbocycles. The number of anilines is 1. The Morgan fingerprint density at radius 3 is 2.61 bits per heavy atom. The van der Waals surface area contributed by atoms with Crippen LogP contribution in [0.1, 0.15) is 31.2 Å². The van der Waals surface area contributed by atoms with E-state index in [2.05, 4.69) is 11.4 Å². The summed E-state index contributed by atoms with van der Waals surface area (Å²) in [5.41, 5.74) is 0.175. The average Bonchev–Trinajstić information content (AvgIpc) is 2.89. The van der Waals surface area contributed by atoms with Gasteiger partial charge >= 0.3 is 0 Å². The van der Waals surface area contributed by atoms with Crippen LogP contribution in [-0.4, -0.2) is 5.91 Å². The Morgan fingerprint density at radius 2 is 2.00 bits per heavy atom. The van der Waals surface area contributed by atoms with Gasteiger partial charge in [-0.1, -0.05) is 18.9 Å². The summed E-state index contributed by atoms with van der Waals surface area (Å²) in [5, 5.41) is 20.7. The molecule has 1 fully saturated rings. The SMILES string of the molecule is N#Cc1cccc(NC(=O)C2(C#N)CCCC2)c1. The number of rotatable bonds is 2. The fraction of sp³-hybridized carbons (Fsp3) is 0.357. The number of hydrogen-bond donors (Lipinski definition) is 1. The Hall–Kier alpha value is -2.33. The first-order valence-corrected chi connectivity index (χ1v) is 5.93. The minimum absolute atomic E-state index is 0.252. The molecule has 90 valence electrons. The van der Waals surface area contributed by atoms with E-state index in [1.165, 1.54) is 0 Å². The molecular formula is C14H13N3O. The van der Waals surface area contributed by atoms with Crippen molar-refractivity contribution in [3.63, 3.8) is 0 Å². The number of amides is 1. The van der Waals surface area contributed by atoms with Crippen LogP contribution in [0.3, 0.4) is 0 Å². The van der Waals surface area contributed by atoms with Crippen LogP contribution in [0.25, 0.3) is 0 Å². The van der Waals surface area contributed by atoms with E-state index in [-0.39, 0.29) is 5.91 Å². The number of nitrogens with zero attached hydrogens (tertiary/aromatic N) is 2. The van der Waals surface area contributed by atoms with Crippen LogP contribution in [0.2, 0.25) is 0 Å². The molecule has 1 aliphatic carbocycles. The van der Waals surface area contributed by atoms with Gasteiger partial charge in [0.05, 0.1) is 17.7 Å². The maximum Gasteiger partial charge on any atom is 0.244 e. The first-order valence-electron chi connectivity index (χ1n) is 5.93. The molecule has 0 bridgehead atoms. The van der Waals surface area contributed by atoms with Crippen LogP contribution >= 0.6 is 0 Å². The second-order valence-corrected chi connectivity index (χ2v) is 4.55. The molecule has 0 unspecified atom stereocenters. The van der Waals surface area contributed by atoms with E-state index in [1.54, 1.807) is 24.3 Å². The van der Waals surface area contributed by atoms with Crippen molar-refractivity contribution in [1.29, 1.82) is 10.5 Å². The Balaban J connectivity index is 2.16. The molecule has 0 radical (unpaired) electrons. The molecule has 0 saturated heterocycles. The molecule has 0 atom stereocenters. The third-order valence-electron chi connectivity index (χ3n) is 3.36. The summed E-state index contributed by atoms with van der Waals surface area (Å²) in [5.74, 6) is -0.252. The summed E-state index contributed by atoms with van der Waals surface area (Å²) in [6.45, 7) is 0. The first-order chi connectivity index (χ1) is 8.70. The highest BCUT2D eigenvalue weighted by Crippen LogP contribution is 2.38. The normalized spacial score (nSPS) is 16.6. The van der Waals surface area contributed by atoms with Gasteiger partial charge in [-0.2, -0.15) is 10.5 Å². The summed E-state index contributed by atoms with van der Waals surface area (Å²) in [4.78, 5) is 12.2. The molecule has 1 aromatic rings. The molecule has 1 aliphatic rings. The summed E-state index contributed by atoms with van der Waals surface area (Å²) in [7, 11) is 0. The van der Waals surface area contributed by atoms with Gasteiger partial charge in [-0.15, -0.1) is 0 Å². The number of nitriles is 2. The van der Waals surface area contributed by atoms with Crippen LogP contribution in [0.5, 0.6) is 0 Å². The molecule has 4 heteroatoms. The quantitative estimate of drug-likeness (QED) is 0.861. The van der Waals surface area contributed by atoms with E-state index >= 15 is 0 Å². The highest BCUT2D eigenvalue weighted by molar-refractivity contribution is 5.97. The van der Waals surface area contributed by atoms with Gasteiger partial charge in [-0.05, 0) is 31.0 Å². The highest BCUT2D eigenvalue weighted by Gasteiger charge is 2.41. The molecule has 0 aliphatic heterocycles. The van der Waals surface area contributed by atoms with E-state index in [4.69, 9.17) is 5.26 Å². The molecule has 1 N–H and O–H groups in total. The molecule has 2 rings (SSSR count). The van der Waals surface area contributed by atoms with E-state index in [0.29, 0.717) is 24.1 Å². The van der Waals surface area contributed by atoms with Gasteiger partial charge < -0.3 is 5.32 Å². The lowest BCUT2D eigenvalue weighted by Crippen LogP contribution is -2.32. The average molecular weight is 239 g/mol. The lowest BCUT2D eigenvalue weighted by atomic mass is 9.87. The van der Waals surface area contributed by atoms with Gasteiger partial charge in [0.25, 0.3) is 0 Å². The molecule has 4 nitrogen and oxygen atoms in total. The predicted molar refractivity (Wildman–Crippen MR) is 66.3 cm³/mol. The zero-order valence-corrected chi connectivity index (χ0v) is 9.94. The summed E-state index contributed by atoms with van der Waals surface area (Å²) < 4.78 is 0. The van der Waals surface area contributed by atoms with Crippen molar-refractivity contribution in [2.75, 3.05) is 5.32 Å².